The highest BCUT2D eigenvalue weighted by atomic mass is 16.2. The van der Waals surface area contributed by atoms with Crippen molar-refractivity contribution in [3.8, 4) is 0 Å². The van der Waals surface area contributed by atoms with Gasteiger partial charge >= 0.3 is 0 Å². The van der Waals surface area contributed by atoms with Gasteiger partial charge in [0.15, 0.2) is 0 Å². The summed E-state index contributed by atoms with van der Waals surface area (Å²) in [7, 11) is 0. The molecule has 0 aliphatic heterocycles. The van der Waals surface area contributed by atoms with Crippen LogP contribution in [0.5, 0.6) is 0 Å². The fraction of sp³-hybridized carbons (Fsp3) is 0.276. The number of hydrogen-bond donors (Lipinski definition) is 1. The summed E-state index contributed by atoms with van der Waals surface area (Å²) in [5.74, 6) is 0.659. The van der Waals surface area contributed by atoms with Gasteiger partial charge in [0.2, 0.25) is 11.8 Å². The largest absolute Gasteiger partial charge is 0.349 e. The second kappa shape index (κ2) is 11.5. The lowest BCUT2D eigenvalue weighted by Gasteiger charge is -2.27. The van der Waals surface area contributed by atoms with E-state index >= 15 is 0 Å². The Bertz CT molecular complexity index is 1270. The number of imidazole rings is 1. The van der Waals surface area contributed by atoms with Crippen LogP contribution in [0.4, 0.5) is 0 Å². The molecule has 1 N–H and O–H groups in total. The number of amides is 2. The first-order valence-corrected chi connectivity index (χ1v) is 12.1. The van der Waals surface area contributed by atoms with E-state index in [2.05, 4.69) is 5.32 Å². The zero-order valence-corrected chi connectivity index (χ0v) is 20.4. The third-order valence-corrected chi connectivity index (χ3v) is 6.09. The Balaban J connectivity index is 1.47. The molecule has 1 aromatic heterocycles. The molecule has 35 heavy (non-hydrogen) atoms. The Morgan fingerprint density at radius 3 is 2.20 bits per heavy atom. The smallest absolute Gasteiger partial charge is 0.243 e. The minimum atomic E-state index is -0.0355. The number of nitrogens with zero attached hydrogens (tertiary/aromatic N) is 3. The van der Waals surface area contributed by atoms with Crippen molar-refractivity contribution in [1.29, 1.82) is 0 Å². The van der Waals surface area contributed by atoms with E-state index in [-0.39, 0.29) is 30.9 Å². The van der Waals surface area contributed by atoms with Gasteiger partial charge in [-0.25, -0.2) is 4.98 Å². The van der Waals surface area contributed by atoms with Crippen LogP contribution in [0.15, 0.2) is 84.9 Å². The Morgan fingerprint density at radius 1 is 0.886 bits per heavy atom. The summed E-state index contributed by atoms with van der Waals surface area (Å²) in [6, 6.07) is 27.8. The molecule has 2 amide bonds. The molecule has 0 radical (unpaired) electrons. The molecule has 0 saturated heterocycles. The van der Waals surface area contributed by atoms with Crippen LogP contribution in [0.1, 0.15) is 37.2 Å². The Hall–Kier alpha value is -3.93. The lowest BCUT2D eigenvalue weighted by molar-refractivity contribution is -0.134. The van der Waals surface area contributed by atoms with Crippen molar-refractivity contribution < 1.29 is 9.59 Å². The Labute approximate surface area is 206 Å². The molecule has 0 unspecified atom stereocenters. The molecule has 0 aliphatic rings. The van der Waals surface area contributed by atoms with Gasteiger partial charge in [0, 0.05) is 19.0 Å². The molecule has 4 rings (SSSR count). The average Bonchev–Trinajstić information content (AvgIpc) is 3.23. The summed E-state index contributed by atoms with van der Waals surface area (Å²) < 4.78 is 1.93. The zero-order valence-electron chi connectivity index (χ0n) is 20.4. The Morgan fingerprint density at radius 2 is 1.51 bits per heavy atom. The first-order valence-electron chi connectivity index (χ1n) is 12.1. The van der Waals surface area contributed by atoms with Gasteiger partial charge in [-0.15, -0.1) is 0 Å². The van der Waals surface area contributed by atoms with Crippen molar-refractivity contribution in [3.63, 3.8) is 0 Å². The quantitative estimate of drug-likeness (QED) is 0.366. The number of carbonyl (C=O) groups excluding carboxylic acids is 2. The molecule has 0 atom stereocenters. The van der Waals surface area contributed by atoms with Crippen LogP contribution in [0.3, 0.4) is 0 Å². The molecule has 4 aromatic rings. The van der Waals surface area contributed by atoms with Crippen LogP contribution >= 0.6 is 0 Å². The number of aromatic nitrogens is 2. The van der Waals surface area contributed by atoms with Gasteiger partial charge in [0.05, 0.1) is 17.6 Å². The number of fused-ring (bicyclic) bond motifs is 1. The van der Waals surface area contributed by atoms with Crippen LogP contribution in [-0.2, 0) is 35.6 Å². The monoisotopic (exact) mass is 468 g/mol. The van der Waals surface area contributed by atoms with Crippen LogP contribution < -0.4 is 5.32 Å². The van der Waals surface area contributed by atoms with Crippen LogP contribution in [0, 0.1) is 0 Å². The molecule has 0 fully saturated rings. The predicted octanol–water partition coefficient (Wildman–Crippen LogP) is 4.72. The van der Waals surface area contributed by atoms with Crippen molar-refractivity contribution in [2.75, 3.05) is 0 Å². The Kier molecular flexibility index (Phi) is 7.93. The summed E-state index contributed by atoms with van der Waals surface area (Å²) in [5, 5.41) is 2.99. The normalized spacial score (nSPS) is 11.1. The average molecular weight is 469 g/mol. The van der Waals surface area contributed by atoms with Gasteiger partial charge < -0.3 is 14.8 Å². The van der Waals surface area contributed by atoms with Crippen molar-refractivity contribution in [3.05, 3.63) is 102 Å². The number of carbonyl (C=O) groups is 2. The third-order valence-electron chi connectivity index (χ3n) is 6.09. The van der Waals surface area contributed by atoms with Gasteiger partial charge in [-0.2, -0.15) is 0 Å². The van der Waals surface area contributed by atoms with E-state index in [0.29, 0.717) is 25.2 Å². The van der Waals surface area contributed by atoms with Gasteiger partial charge in [-0.1, -0.05) is 72.8 Å². The van der Waals surface area contributed by atoms with E-state index in [0.717, 1.165) is 22.2 Å². The minimum Gasteiger partial charge on any atom is -0.349 e. The number of hydrogen-bond acceptors (Lipinski definition) is 3. The topological polar surface area (TPSA) is 67.2 Å². The highest BCUT2D eigenvalue weighted by molar-refractivity contribution is 5.81. The fourth-order valence-electron chi connectivity index (χ4n) is 4.17. The van der Waals surface area contributed by atoms with Crippen LogP contribution in [-0.4, -0.2) is 32.3 Å². The zero-order chi connectivity index (χ0) is 24.6. The molecule has 0 aliphatic carbocycles. The molecular formula is C29H32N4O2. The first-order chi connectivity index (χ1) is 17.0. The fourth-order valence-corrected chi connectivity index (χ4v) is 4.17. The van der Waals surface area contributed by atoms with Gasteiger partial charge in [0.1, 0.15) is 12.4 Å². The van der Waals surface area contributed by atoms with E-state index in [4.69, 9.17) is 4.98 Å². The van der Waals surface area contributed by atoms with Crippen LogP contribution in [0.2, 0.25) is 0 Å². The van der Waals surface area contributed by atoms with E-state index in [9.17, 15) is 9.59 Å². The van der Waals surface area contributed by atoms with Gasteiger partial charge in [-0.3, -0.25) is 9.59 Å². The standard InChI is InChI=1S/C29H32N4O2/c1-22(2)32(20-24-13-7-4-8-14-24)29(35)21-33-26-16-10-9-15-25(26)31-27(33)19-30-28(34)18-17-23-11-5-3-6-12-23/h3-16,22H,17-21H2,1-2H3,(H,30,34). The number of nitrogens with one attached hydrogen (secondary N) is 1. The molecule has 6 heteroatoms. The lowest BCUT2D eigenvalue weighted by Crippen LogP contribution is -2.39. The van der Waals surface area contributed by atoms with Gasteiger partial charge in [0.25, 0.3) is 0 Å². The second-order valence-corrected chi connectivity index (χ2v) is 8.97. The van der Waals surface area contributed by atoms with E-state index in [1.807, 2.05) is 108 Å². The molecule has 6 nitrogen and oxygen atoms in total. The summed E-state index contributed by atoms with van der Waals surface area (Å²) in [4.78, 5) is 32.6. The third kappa shape index (κ3) is 6.35. The SMILES string of the molecule is CC(C)N(Cc1ccccc1)C(=O)Cn1c(CNC(=O)CCc2ccccc2)nc2ccccc21. The lowest BCUT2D eigenvalue weighted by atomic mass is 10.1. The summed E-state index contributed by atoms with van der Waals surface area (Å²) >= 11 is 0. The van der Waals surface area contributed by atoms with Crippen molar-refractivity contribution in [2.24, 2.45) is 0 Å². The number of aryl methyl sites for hydroxylation is 1. The molecule has 0 spiro atoms. The molecule has 1 heterocycles. The predicted molar refractivity (Wildman–Crippen MR) is 138 cm³/mol. The van der Waals surface area contributed by atoms with E-state index < -0.39 is 0 Å². The highest BCUT2D eigenvalue weighted by Crippen LogP contribution is 2.18. The first kappa shape index (κ1) is 24.2. The van der Waals surface area contributed by atoms with Crippen molar-refractivity contribution in [2.45, 2.75) is 52.4 Å². The number of para-hydroxylation sites is 2. The number of benzene rings is 3. The molecule has 180 valence electrons. The second-order valence-electron chi connectivity index (χ2n) is 8.97. The van der Waals surface area contributed by atoms with Crippen molar-refractivity contribution in [1.82, 2.24) is 19.8 Å². The van der Waals surface area contributed by atoms with Crippen LogP contribution in [0.25, 0.3) is 11.0 Å². The summed E-state index contributed by atoms with van der Waals surface area (Å²) in [6.07, 6.45) is 1.09. The van der Waals surface area contributed by atoms with E-state index in [1.165, 1.54) is 0 Å². The summed E-state index contributed by atoms with van der Waals surface area (Å²) in [6.45, 7) is 5.05. The highest BCUT2D eigenvalue weighted by Gasteiger charge is 2.21. The minimum absolute atomic E-state index is 0.0173. The maximum atomic E-state index is 13.4. The molecule has 0 saturated carbocycles. The van der Waals surface area contributed by atoms with Gasteiger partial charge in [-0.05, 0) is 43.5 Å². The molecule has 0 bridgehead atoms. The summed E-state index contributed by atoms with van der Waals surface area (Å²) in [5.41, 5.74) is 3.93. The van der Waals surface area contributed by atoms with Crippen molar-refractivity contribution >= 4 is 22.8 Å². The number of rotatable bonds is 10. The maximum Gasteiger partial charge on any atom is 0.243 e. The maximum absolute atomic E-state index is 13.4. The van der Waals surface area contributed by atoms with E-state index in [1.54, 1.807) is 0 Å². The molecular weight excluding hydrogens is 436 g/mol. The molecule has 3 aromatic carbocycles.